The molecule has 2 aromatic carbocycles. The summed E-state index contributed by atoms with van der Waals surface area (Å²) in [6, 6.07) is 9.09. The number of nitro groups is 1. The Morgan fingerprint density at radius 1 is 1.04 bits per heavy atom. The quantitative estimate of drug-likeness (QED) is 0.377. The molecule has 1 heterocycles. The van der Waals surface area contributed by atoms with Gasteiger partial charge in [-0.05, 0) is 18.2 Å². The molecule has 0 atom stereocenters. The van der Waals surface area contributed by atoms with Gasteiger partial charge in [-0.3, -0.25) is 19.9 Å². The molecule has 0 unspecified atom stereocenters. The minimum Gasteiger partial charge on any atom is -0.496 e. The molecule has 0 aliphatic carbocycles. The van der Waals surface area contributed by atoms with E-state index in [4.69, 9.17) is 14.2 Å². The Morgan fingerprint density at radius 3 is 2.46 bits per heavy atom. The monoisotopic (exact) mass is 354 g/mol. The number of aldehydes is 1. The number of hydrogen-bond donors (Lipinski definition) is 0. The Kier molecular flexibility index (Phi) is 4.66. The van der Waals surface area contributed by atoms with Crippen LogP contribution < -0.4 is 14.2 Å². The van der Waals surface area contributed by atoms with Crippen molar-refractivity contribution < 1.29 is 23.9 Å². The molecule has 0 radical (unpaired) electrons. The zero-order chi connectivity index (χ0) is 18.7. The third kappa shape index (κ3) is 3.12. The highest BCUT2D eigenvalue weighted by molar-refractivity contribution is 5.93. The van der Waals surface area contributed by atoms with Crippen molar-refractivity contribution in [2.24, 2.45) is 0 Å². The number of aromatic nitrogens is 1. The van der Waals surface area contributed by atoms with Gasteiger partial charge in [0.05, 0.1) is 30.2 Å². The first kappa shape index (κ1) is 17.2. The van der Waals surface area contributed by atoms with Crippen LogP contribution in [0.15, 0.2) is 42.6 Å². The van der Waals surface area contributed by atoms with Gasteiger partial charge in [-0.2, -0.15) is 0 Å². The maximum absolute atomic E-state index is 11.3. The van der Waals surface area contributed by atoms with Gasteiger partial charge in [-0.1, -0.05) is 0 Å². The lowest BCUT2D eigenvalue weighted by Gasteiger charge is -2.11. The predicted octanol–water partition coefficient (Wildman–Crippen LogP) is 3.77. The third-order valence-electron chi connectivity index (χ3n) is 3.76. The summed E-state index contributed by atoms with van der Waals surface area (Å²) in [7, 11) is 2.81. The van der Waals surface area contributed by atoms with Gasteiger partial charge in [0, 0.05) is 29.8 Å². The van der Waals surface area contributed by atoms with E-state index in [0.29, 0.717) is 40.0 Å². The standard InChI is InChI=1S/C18H14N2O6/c1-24-17-9-14-13(7-11(17)10-21)16(5-6-19-14)26-12-3-4-15(20(22)23)18(8-12)25-2/h3-10H,1-2H3. The highest BCUT2D eigenvalue weighted by atomic mass is 16.6. The van der Waals surface area contributed by atoms with Crippen molar-refractivity contribution >= 4 is 22.9 Å². The molecule has 0 spiro atoms. The highest BCUT2D eigenvalue weighted by Crippen LogP contribution is 2.36. The number of benzene rings is 2. The van der Waals surface area contributed by atoms with Crippen molar-refractivity contribution in [2.45, 2.75) is 0 Å². The first-order valence-electron chi connectivity index (χ1n) is 7.49. The lowest BCUT2D eigenvalue weighted by molar-refractivity contribution is -0.385. The Bertz CT molecular complexity index is 1000. The molecule has 132 valence electrons. The van der Waals surface area contributed by atoms with Crippen LogP contribution in [0.2, 0.25) is 0 Å². The maximum Gasteiger partial charge on any atom is 0.311 e. The molecule has 0 saturated carbocycles. The number of rotatable bonds is 6. The molecular formula is C18H14N2O6. The van der Waals surface area contributed by atoms with Crippen molar-refractivity contribution in [3.8, 4) is 23.0 Å². The molecule has 0 N–H and O–H groups in total. The van der Waals surface area contributed by atoms with E-state index in [0.717, 1.165) is 0 Å². The summed E-state index contributed by atoms with van der Waals surface area (Å²) in [6.07, 6.45) is 2.24. The van der Waals surface area contributed by atoms with Crippen LogP contribution in [0, 0.1) is 10.1 Å². The third-order valence-corrected chi connectivity index (χ3v) is 3.76. The first-order valence-corrected chi connectivity index (χ1v) is 7.49. The molecule has 3 aromatic rings. The molecule has 8 nitrogen and oxygen atoms in total. The average molecular weight is 354 g/mol. The van der Waals surface area contributed by atoms with Gasteiger partial charge in [-0.15, -0.1) is 0 Å². The number of fused-ring (bicyclic) bond motifs is 1. The van der Waals surface area contributed by atoms with Crippen LogP contribution >= 0.6 is 0 Å². The van der Waals surface area contributed by atoms with Crippen molar-refractivity contribution in [3.63, 3.8) is 0 Å². The van der Waals surface area contributed by atoms with Crippen molar-refractivity contribution in [2.75, 3.05) is 14.2 Å². The van der Waals surface area contributed by atoms with Crippen LogP contribution in [0.3, 0.4) is 0 Å². The number of methoxy groups -OCH3 is 2. The second-order valence-corrected chi connectivity index (χ2v) is 5.23. The average Bonchev–Trinajstić information content (AvgIpc) is 2.66. The van der Waals surface area contributed by atoms with E-state index in [1.165, 1.54) is 32.4 Å². The van der Waals surface area contributed by atoms with Crippen LogP contribution in [-0.4, -0.2) is 30.4 Å². The van der Waals surface area contributed by atoms with Gasteiger partial charge in [0.2, 0.25) is 5.75 Å². The molecule has 0 amide bonds. The molecule has 0 bridgehead atoms. The minimum absolute atomic E-state index is 0.0844. The molecule has 8 heteroatoms. The highest BCUT2D eigenvalue weighted by Gasteiger charge is 2.16. The van der Waals surface area contributed by atoms with Gasteiger partial charge in [-0.25, -0.2) is 0 Å². The Hall–Kier alpha value is -3.68. The summed E-state index contributed by atoms with van der Waals surface area (Å²) >= 11 is 0. The van der Waals surface area contributed by atoms with Gasteiger partial charge >= 0.3 is 5.69 Å². The van der Waals surface area contributed by atoms with E-state index in [9.17, 15) is 14.9 Å². The Balaban J connectivity index is 2.06. The molecule has 3 rings (SSSR count). The molecule has 1 aromatic heterocycles. The first-order chi connectivity index (χ1) is 12.6. The molecule has 26 heavy (non-hydrogen) atoms. The number of hydrogen-bond acceptors (Lipinski definition) is 7. The lowest BCUT2D eigenvalue weighted by Crippen LogP contribution is -1.96. The summed E-state index contributed by atoms with van der Waals surface area (Å²) in [5.41, 5.74) is 0.783. The van der Waals surface area contributed by atoms with Crippen molar-refractivity contribution in [3.05, 3.63) is 58.3 Å². The Labute approximate surface area is 148 Å². The zero-order valence-electron chi connectivity index (χ0n) is 14.0. The van der Waals surface area contributed by atoms with Gasteiger partial charge in [0.1, 0.15) is 17.2 Å². The minimum atomic E-state index is -0.535. The normalized spacial score (nSPS) is 10.4. The van der Waals surface area contributed by atoms with Crippen LogP contribution in [0.25, 0.3) is 10.9 Å². The van der Waals surface area contributed by atoms with Gasteiger partial charge in [0.15, 0.2) is 6.29 Å². The fourth-order valence-electron chi connectivity index (χ4n) is 2.52. The summed E-state index contributed by atoms with van der Waals surface area (Å²) in [5, 5.41) is 11.6. The summed E-state index contributed by atoms with van der Waals surface area (Å²) < 4.78 is 16.1. The second-order valence-electron chi connectivity index (χ2n) is 5.23. The largest absolute Gasteiger partial charge is 0.496 e. The molecule has 0 saturated heterocycles. The molecule has 0 aliphatic rings. The number of carbonyl (C=O) groups is 1. The summed E-state index contributed by atoms with van der Waals surface area (Å²) in [4.78, 5) is 26.0. The number of carbonyl (C=O) groups excluding carboxylic acids is 1. The second kappa shape index (κ2) is 7.06. The Morgan fingerprint density at radius 2 is 1.81 bits per heavy atom. The summed E-state index contributed by atoms with van der Waals surface area (Å²) in [5.74, 6) is 1.29. The number of nitrogens with zero attached hydrogens (tertiary/aromatic N) is 2. The fourth-order valence-corrected chi connectivity index (χ4v) is 2.52. The van der Waals surface area contributed by atoms with Gasteiger partial charge in [0.25, 0.3) is 0 Å². The predicted molar refractivity (Wildman–Crippen MR) is 93.4 cm³/mol. The van der Waals surface area contributed by atoms with E-state index in [1.807, 2.05) is 0 Å². The topological polar surface area (TPSA) is 101 Å². The summed E-state index contributed by atoms with van der Waals surface area (Å²) in [6.45, 7) is 0. The van der Waals surface area contributed by atoms with Crippen LogP contribution in [0.5, 0.6) is 23.0 Å². The van der Waals surface area contributed by atoms with Crippen LogP contribution in [-0.2, 0) is 0 Å². The van der Waals surface area contributed by atoms with E-state index in [-0.39, 0.29) is 11.4 Å². The maximum atomic E-state index is 11.3. The number of pyridine rings is 1. The van der Waals surface area contributed by atoms with Crippen molar-refractivity contribution in [1.29, 1.82) is 0 Å². The van der Waals surface area contributed by atoms with E-state index >= 15 is 0 Å². The van der Waals surface area contributed by atoms with Gasteiger partial charge < -0.3 is 14.2 Å². The molecular weight excluding hydrogens is 340 g/mol. The van der Waals surface area contributed by atoms with Crippen molar-refractivity contribution in [1.82, 2.24) is 4.98 Å². The van der Waals surface area contributed by atoms with E-state index < -0.39 is 4.92 Å². The number of ether oxygens (including phenoxy) is 3. The van der Waals surface area contributed by atoms with Crippen LogP contribution in [0.4, 0.5) is 5.69 Å². The van der Waals surface area contributed by atoms with Crippen LogP contribution in [0.1, 0.15) is 10.4 Å². The smallest absolute Gasteiger partial charge is 0.311 e. The molecule has 0 aliphatic heterocycles. The lowest BCUT2D eigenvalue weighted by atomic mass is 10.1. The zero-order valence-corrected chi connectivity index (χ0v) is 14.0. The number of nitro benzene ring substituents is 1. The fraction of sp³-hybridized carbons (Fsp3) is 0.111. The van der Waals surface area contributed by atoms with E-state index in [2.05, 4.69) is 4.98 Å². The molecule has 0 fully saturated rings. The SMILES string of the molecule is COc1cc2nccc(Oc3ccc([N+](=O)[O-])c(OC)c3)c2cc1C=O. The van der Waals surface area contributed by atoms with E-state index in [1.54, 1.807) is 24.4 Å².